The second kappa shape index (κ2) is 9.23. The zero-order chi connectivity index (χ0) is 19.1. The molecule has 1 saturated heterocycles. The van der Waals surface area contributed by atoms with E-state index in [-0.39, 0.29) is 24.1 Å². The molecule has 1 fully saturated rings. The summed E-state index contributed by atoms with van der Waals surface area (Å²) in [5.74, 6) is -0.0955. The maximum atomic E-state index is 13.2. The lowest BCUT2D eigenvalue weighted by atomic mass is 10.0. The molecule has 1 aromatic carbocycles. The van der Waals surface area contributed by atoms with Crippen molar-refractivity contribution in [3.05, 3.63) is 70.0 Å². The van der Waals surface area contributed by atoms with Gasteiger partial charge in [0, 0.05) is 23.9 Å². The van der Waals surface area contributed by atoms with Crippen LogP contribution in [0.15, 0.2) is 48.7 Å². The minimum atomic E-state index is -0.429. The quantitative estimate of drug-likeness (QED) is 0.626. The first kappa shape index (κ1) is 19.0. The van der Waals surface area contributed by atoms with Crippen molar-refractivity contribution in [2.45, 2.75) is 38.3 Å². The van der Waals surface area contributed by atoms with E-state index < -0.39 is 4.92 Å². The van der Waals surface area contributed by atoms with Crippen LogP contribution in [0.25, 0.3) is 0 Å². The number of nitro benzene ring substituents is 1. The number of benzene rings is 1. The summed E-state index contributed by atoms with van der Waals surface area (Å²) >= 11 is 0. The number of rotatable bonds is 6. The smallest absolute Gasteiger partial charge is 0.273 e. The maximum Gasteiger partial charge on any atom is 0.273 e. The van der Waals surface area contributed by atoms with E-state index in [1.165, 1.54) is 6.07 Å². The lowest BCUT2D eigenvalue weighted by molar-refractivity contribution is -0.385. The summed E-state index contributed by atoms with van der Waals surface area (Å²) in [7, 11) is 0. The van der Waals surface area contributed by atoms with Crippen LogP contribution in [0.5, 0.6) is 0 Å². The molecular weight excluding hydrogens is 344 g/mol. The van der Waals surface area contributed by atoms with Gasteiger partial charge in [-0.25, -0.2) is 0 Å². The number of nitro groups is 1. The molecule has 0 spiro atoms. The van der Waals surface area contributed by atoms with Gasteiger partial charge in [0.15, 0.2) is 0 Å². The monoisotopic (exact) mass is 368 g/mol. The summed E-state index contributed by atoms with van der Waals surface area (Å²) < 4.78 is 0. The van der Waals surface area contributed by atoms with Crippen LogP contribution < -0.4 is 5.32 Å². The van der Waals surface area contributed by atoms with Crippen LogP contribution in [-0.2, 0) is 17.8 Å². The van der Waals surface area contributed by atoms with Gasteiger partial charge in [-0.2, -0.15) is 0 Å². The molecule has 142 valence electrons. The third kappa shape index (κ3) is 5.10. The van der Waals surface area contributed by atoms with Crippen molar-refractivity contribution in [1.29, 1.82) is 0 Å². The Bertz CT molecular complexity index is 774. The summed E-state index contributed by atoms with van der Waals surface area (Å²) in [6.07, 6.45) is 4.53. The lowest BCUT2D eigenvalue weighted by Gasteiger charge is -2.31. The van der Waals surface area contributed by atoms with Crippen molar-refractivity contribution in [3.63, 3.8) is 0 Å². The molecule has 1 atom stereocenters. The average Bonchev–Trinajstić information content (AvgIpc) is 2.96. The number of pyridine rings is 1. The van der Waals surface area contributed by atoms with E-state index in [4.69, 9.17) is 0 Å². The van der Waals surface area contributed by atoms with Crippen LogP contribution in [0.4, 0.5) is 5.69 Å². The van der Waals surface area contributed by atoms with Gasteiger partial charge in [0.2, 0.25) is 5.91 Å². The highest BCUT2D eigenvalue weighted by Gasteiger charge is 2.27. The van der Waals surface area contributed by atoms with E-state index in [1.807, 2.05) is 23.1 Å². The first-order valence-electron chi connectivity index (χ1n) is 9.27. The number of carbonyl (C=O) groups is 1. The van der Waals surface area contributed by atoms with Crippen LogP contribution in [0, 0.1) is 10.1 Å². The van der Waals surface area contributed by atoms with Gasteiger partial charge in [-0.05, 0) is 44.5 Å². The third-order valence-electron chi connectivity index (χ3n) is 4.89. The van der Waals surface area contributed by atoms with E-state index in [1.54, 1.807) is 24.4 Å². The number of hydrogen-bond donors (Lipinski definition) is 1. The second-order valence-electron chi connectivity index (χ2n) is 6.74. The minimum Gasteiger partial charge on any atom is -0.333 e. The topological polar surface area (TPSA) is 88.4 Å². The Labute approximate surface area is 158 Å². The number of carbonyl (C=O) groups excluding carboxylic acids is 1. The zero-order valence-electron chi connectivity index (χ0n) is 15.2. The number of hydrogen-bond acceptors (Lipinski definition) is 5. The molecule has 1 N–H and O–H groups in total. The van der Waals surface area contributed by atoms with Crippen molar-refractivity contribution in [3.8, 4) is 0 Å². The van der Waals surface area contributed by atoms with Crippen LogP contribution >= 0.6 is 0 Å². The summed E-state index contributed by atoms with van der Waals surface area (Å²) in [5, 5.41) is 14.6. The predicted octanol–water partition coefficient (Wildman–Crippen LogP) is 2.70. The van der Waals surface area contributed by atoms with Crippen molar-refractivity contribution in [2.24, 2.45) is 0 Å². The predicted molar refractivity (Wildman–Crippen MR) is 102 cm³/mol. The Morgan fingerprint density at radius 2 is 2.00 bits per heavy atom. The summed E-state index contributed by atoms with van der Waals surface area (Å²) in [6, 6.07) is 12.2. The van der Waals surface area contributed by atoms with E-state index in [0.29, 0.717) is 12.1 Å². The Hall–Kier alpha value is -2.80. The van der Waals surface area contributed by atoms with Crippen LogP contribution in [-0.4, -0.2) is 39.8 Å². The van der Waals surface area contributed by atoms with Crippen LogP contribution in [0.1, 0.15) is 30.5 Å². The maximum absolute atomic E-state index is 13.2. The fourth-order valence-electron chi connectivity index (χ4n) is 3.50. The van der Waals surface area contributed by atoms with Crippen LogP contribution in [0.2, 0.25) is 0 Å². The Balaban J connectivity index is 1.82. The van der Waals surface area contributed by atoms with E-state index in [2.05, 4.69) is 10.3 Å². The number of amides is 1. The Kier molecular flexibility index (Phi) is 6.49. The molecule has 1 unspecified atom stereocenters. The number of para-hydroxylation sites is 1. The summed E-state index contributed by atoms with van der Waals surface area (Å²) in [6.45, 7) is 2.24. The fourth-order valence-corrected chi connectivity index (χ4v) is 3.50. The number of nitrogens with zero attached hydrogens (tertiary/aromatic N) is 3. The molecule has 0 radical (unpaired) electrons. The molecule has 0 saturated carbocycles. The van der Waals surface area contributed by atoms with Crippen molar-refractivity contribution >= 4 is 11.6 Å². The molecule has 7 heteroatoms. The van der Waals surface area contributed by atoms with Gasteiger partial charge in [0.25, 0.3) is 5.69 Å². The highest BCUT2D eigenvalue weighted by atomic mass is 16.6. The van der Waals surface area contributed by atoms with Gasteiger partial charge < -0.3 is 10.2 Å². The van der Waals surface area contributed by atoms with Gasteiger partial charge in [0.1, 0.15) is 0 Å². The highest BCUT2D eigenvalue weighted by Crippen LogP contribution is 2.22. The molecule has 1 aromatic heterocycles. The average molecular weight is 368 g/mol. The molecular formula is C20H24N4O3. The SMILES string of the molecule is O=C(Cc1ccccc1[N+](=O)[O-])N(Cc1ccccn1)C1CCCNCC1. The molecule has 7 nitrogen and oxygen atoms in total. The van der Waals surface area contributed by atoms with Gasteiger partial charge in [0.05, 0.1) is 23.6 Å². The zero-order valence-corrected chi connectivity index (χ0v) is 15.2. The Morgan fingerprint density at radius 3 is 2.78 bits per heavy atom. The third-order valence-corrected chi connectivity index (χ3v) is 4.89. The first-order chi connectivity index (χ1) is 13.1. The van der Waals surface area contributed by atoms with E-state index in [9.17, 15) is 14.9 Å². The van der Waals surface area contributed by atoms with Gasteiger partial charge >= 0.3 is 0 Å². The largest absolute Gasteiger partial charge is 0.333 e. The highest BCUT2D eigenvalue weighted by molar-refractivity contribution is 5.80. The fraction of sp³-hybridized carbons (Fsp3) is 0.400. The number of nitrogens with one attached hydrogen (secondary N) is 1. The van der Waals surface area contributed by atoms with Gasteiger partial charge in [-0.15, -0.1) is 0 Å². The van der Waals surface area contributed by atoms with E-state index >= 15 is 0 Å². The summed E-state index contributed by atoms with van der Waals surface area (Å²) in [4.78, 5) is 30.2. The number of aromatic nitrogens is 1. The van der Waals surface area contributed by atoms with Crippen LogP contribution in [0.3, 0.4) is 0 Å². The molecule has 1 amide bonds. The van der Waals surface area contributed by atoms with E-state index in [0.717, 1.165) is 38.0 Å². The Morgan fingerprint density at radius 1 is 1.19 bits per heavy atom. The van der Waals surface area contributed by atoms with Gasteiger partial charge in [-0.3, -0.25) is 19.9 Å². The standard InChI is InChI=1S/C20H24N4O3/c25-20(14-16-6-1-2-9-19(16)24(26)27)23(15-17-7-3-4-12-22-17)18-8-5-11-21-13-10-18/h1-4,6-7,9,12,18,21H,5,8,10-11,13-15H2. The minimum absolute atomic E-state index is 0.00818. The molecule has 1 aliphatic heterocycles. The molecule has 27 heavy (non-hydrogen) atoms. The van der Waals surface area contributed by atoms with Crippen molar-refractivity contribution in [1.82, 2.24) is 15.2 Å². The van der Waals surface area contributed by atoms with Gasteiger partial charge in [-0.1, -0.05) is 24.3 Å². The van der Waals surface area contributed by atoms with Crippen molar-refractivity contribution < 1.29 is 9.72 Å². The lowest BCUT2D eigenvalue weighted by Crippen LogP contribution is -2.41. The molecule has 2 heterocycles. The summed E-state index contributed by atoms with van der Waals surface area (Å²) in [5.41, 5.74) is 1.27. The normalized spacial score (nSPS) is 17.1. The molecule has 2 aromatic rings. The molecule has 0 aliphatic carbocycles. The molecule has 3 rings (SSSR count). The molecule has 0 bridgehead atoms. The first-order valence-corrected chi connectivity index (χ1v) is 9.27. The second-order valence-corrected chi connectivity index (χ2v) is 6.74. The molecule has 1 aliphatic rings. The van der Waals surface area contributed by atoms with Crippen molar-refractivity contribution in [2.75, 3.05) is 13.1 Å².